The zero-order valence-electron chi connectivity index (χ0n) is 11.1. The average Bonchev–Trinajstić information content (AvgIpc) is 2.48. The molecule has 0 radical (unpaired) electrons. The number of nitrogens with two attached hydrogens (primary N) is 1. The van der Waals surface area contributed by atoms with E-state index in [1.54, 1.807) is 31.4 Å². The minimum atomic E-state index is 0.460. The third-order valence-electron chi connectivity index (χ3n) is 2.94. The summed E-state index contributed by atoms with van der Waals surface area (Å²) in [7, 11) is 3.06. The van der Waals surface area contributed by atoms with Crippen LogP contribution in [0.5, 0.6) is 11.5 Å². The second-order valence-corrected chi connectivity index (χ2v) is 4.57. The van der Waals surface area contributed by atoms with Crippen LogP contribution in [0.3, 0.4) is 0 Å². The standard InChI is InChI=1S/C15H14ClNO3/c1-19-14-6-9(8-18)5-11(15(14)20-2)10-3-4-12(16)13(17)7-10/h3-8H,17H2,1-2H3. The molecule has 0 saturated heterocycles. The highest BCUT2D eigenvalue weighted by molar-refractivity contribution is 6.33. The molecule has 2 aromatic carbocycles. The Bertz CT molecular complexity index is 656. The minimum Gasteiger partial charge on any atom is -0.493 e. The molecule has 0 spiro atoms. The molecule has 0 amide bonds. The fourth-order valence-corrected chi connectivity index (χ4v) is 2.10. The van der Waals surface area contributed by atoms with Crippen LogP contribution in [0, 0.1) is 0 Å². The molecular formula is C15H14ClNO3. The highest BCUT2D eigenvalue weighted by Gasteiger charge is 2.14. The van der Waals surface area contributed by atoms with Gasteiger partial charge in [-0.05, 0) is 29.8 Å². The summed E-state index contributed by atoms with van der Waals surface area (Å²) < 4.78 is 10.6. The van der Waals surface area contributed by atoms with Gasteiger partial charge < -0.3 is 15.2 Å². The number of carbonyl (C=O) groups is 1. The minimum absolute atomic E-state index is 0.460. The summed E-state index contributed by atoms with van der Waals surface area (Å²) in [5.74, 6) is 1.03. The van der Waals surface area contributed by atoms with E-state index in [-0.39, 0.29) is 0 Å². The highest BCUT2D eigenvalue weighted by atomic mass is 35.5. The molecule has 0 aliphatic heterocycles. The summed E-state index contributed by atoms with van der Waals surface area (Å²) >= 11 is 5.92. The van der Waals surface area contributed by atoms with Crippen LogP contribution in [0.15, 0.2) is 30.3 Å². The van der Waals surface area contributed by atoms with E-state index in [4.69, 9.17) is 26.8 Å². The van der Waals surface area contributed by atoms with Crippen LogP contribution in [0.1, 0.15) is 10.4 Å². The normalized spacial score (nSPS) is 10.2. The van der Waals surface area contributed by atoms with E-state index in [1.807, 2.05) is 6.07 Å². The predicted octanol–water partition coefficient (Wildman–Crippen LogP) is 3.42. The number of nitrogen functional groups attached to an aromatic ring is 1. The molecule has 0 saturated carbocycles. The van der Waals surface area contributed by atoms with Gasteiger partial charge in [-0.25, -0.2) is 0 Å². The first-order chi connectivity index (χ1) is 9.60. The molecule has 0 aliphatic carbocycles. The summed E-state index contributed by atoms with van der Waals surface area (Å²) in [6, 6.07) is 8.58. The second-order valence-electron chi connectivity index (χ2n) is 4.16. The van der Waals surface area contributed by atoms with Gasteiger partial charge in [0.05, 0.1) is 24.9 Å². The molecule has 2 aromatic rings. The van der Waals surface area contributed by atoms with Gasteiger partial charge >= 0.3 is 0 Å². The number of ether oxygens (including phenoxy) is 2. The number of halogens is 1. The zero-order valence-corrected chi connectivity index (χ0v) is 11.9. The molecule has 0 unspecified atom stereocenters. The van der Waals surface area contributed by atoms with Crippen LogP contribution < -0.4 is 15.2 Å². The third-order valence-corrected chi connectivity index (χ3v) is 3.29. The maximum absolute atomic E-state index is 11.0. The van der Waals surface area contributed by atoms with Gasteiger partial charge in [0.2, 0.25) is 0 Å². The maximum Gasteiger partial charge on any atom is 0.168 e. The molecule has 0 fully saturated rings. The van der Waals surface area contributed by atoms with Gasteiger partial charge in [0.25, 0.3) is 0 Å². The van der Waals surface area contributed by atoms with E-state index in [0.717, 1.165) is 17.4 Å². The van der Waals surface area contributed by atoms with Gasteiger partial charge in [0, 0.05) is 11.1 Å². The number of methoxy groups -OCH3 is 2. The fraction of sp³-hybridized carbons (Fsp3) is 0.133. The lowest BCUT2D eigenvalue weighted by atomic mass is 10.0. The second kappa shape index (κ2) is 5.84. The van der Waals surface area contributed by atoms with Crippen LogP contribution in [0.25, 0.3) is 11.1 Å². The Hall–Kier alpha value is -2.20. The van der Waals surface area contributed by atoms with Crippen LogP contribution in [-0.2, 0) is 0 Å². The van der Waals surface area contributed by atoms with Gasteiger partial charge in [0.15, 0.2) is 11.5 Å². The van der Waals surface area contributed by atoms with E-state index in [9.17, 15) is 4.79 Å². The number of benzene rings is 2. The van der Waals surface area contributed by atoms with E-state index in [1.165, 1.54) is 7.11 Å². The Balaban J connectivity index is 2.70. The number of hydrogen-bond acceptors (Lipinski definition) is 4. The molecule has 0 atom stereocenters. The van der Waals surface area contributed by atoms with Crippen molar-refractivity contribution >= 4 is 23.6 Å². The molecule has 0 bridgehead atoms. The molecule has 5 heteroatoms. The van der Waals surface area contributed by atoms with Crippen molar-refractivity contribution in [1.82, 2.24) is 0 Å². The largest absolute Gasteiger partial charge is 0.493 e. The number of hydrogen-bond donors (Lipinski definition) is 1. The number of rotatable bonds is 4. The first kappa shape index (κ1) is 14.2. The van der Waals surface area contributed by atoms with Crippen molar-refractivity contribution in [3.63, 3.8) is 0 Å². The number of anilines is 1. The van der Waals surface area contributed by atoms with Crippen LogP contribution in [0.4, 0.5) is 5.69 Å². The topological polar surface area (TPSA) is 61.5 Å². The average molecular weight is 292 g/mol. The summed E-state index contributed by atoms with van der Waals surface area (Å²) in [5.41, 5.74) is 8.29. The molecule has 2 rings (SSSR count). The van der Waals surface area contributed by atoms with Crippen molar-refractivity contribution in [2.45, 2.75) is 0 Å². The van der Waals surface area contributed by atoms with E-state index in [2.05, 4.69) is 0 Å². The van der Waals surface area contributed by atoms with Crippen molar-refractivity contribution in [1.29, 1.82) is 0 Å². The van der Waals surface area contributed by atoms with E-state index >= 15 is 0 Å². The summed E-state index contributed by atoms with van der Waals surface area (Å²) in [6.07, 6.45) is 0.755. The molecule has 104 valence electrons. The molecular weight excluding hydrogens is 278 g/mol. The summed E-state index contributed by atoms with van der Waals surface area (Å²) in [4.78, 5) is 11.0. The van der Waals surface area contributed by atoms with Crippen molar-refractivity contribution < 1.29 is 14.3 Å². The Morgan fingerprint density at radius 2 is 1.90 bits per heavy atom. The van der Waals surface area contributed by atoms with Gasteiger partial charge in [-0.15, -0.1) is 0 Å². The van der Waals surface area contributed by atoms with Crippen LogP contribution in [0.2, 0.25) is 5.02 Å². The van der Waals surface area contributed by atoms with Crippen LogP contribution >= 0.6 is 11.6 Å². The molecule has 0 aromatic heterocycles. The molecule has 0 heterocycles. The van der Waals surface area contributed by atoms with Crippen LogP contribution in [-0.4, -0.2) is 20.5 Å². The number of carbonyl (C=O) groups excluding carboxylic acids is 1. The Morgan fingerprint density at radius 3 is 2.45 bits per heavy atom. The lowest BCUT2D eigenvalue weighted by Gasteiger charge is -2.14. The molecule has 20 heavy (non-hydrogen) atoms. The smallest absolute Gasteiger partial charge is 0.168 e. The maximum atomic E-state index is 11.0. The van der Waals surface area contributed by atoms with Gasteiger partial charge in [-0.2, -0.15) is 0 Å². The highest BCUT2D eigenvalue weighted by Crippen LogP contribution is 2.40. The monoisotopic (exact) mass is 291 g/mol. The lowest BCUT2D eigenvalue weighted by molar-refractivity contribution is 0.112. The quantitative estimate of drug-likeness (QED) is 0.692. The van der Waals surface area contributed by atoms with Crippen molar-refractivity contribution in [2.75, 3.05) is 20.0 Å². The van der Waals surface area contributed by atoms with Crippen molar-refractivity contribution in [3.05, 3.63) is 40.9 Å². The van der Waals surface area contributed by atoms with E-state index in [0.29, 0.717) is 27.8 Å². The fourth-order valence-electron chi connectivity index (χ4n) is 1.98. The SMILES string of the molecule is COc1cc(C=O)cc(-c2ccc(Cl)c(N)c2)c1OC. The Morgan fingerprint density at radius 1 is 1.15 bits per heavy atom. The number of aldehydes is 1. The molecule has 2 N–H and O–H groups in total. The third kappa shape index (κ3) is 2.56. The first-order valence-electron chi connectivity index (χ1n) is 5.87. The first-order valence-corrected chi connectivity index (χ1v) is 6.25. The lowest BCUT2D eigenvalue weighted by Crippen LogP contribution is -1.96. The van der Waals surface area contributed by atoms with Crippen molar-refractivity contribution in [3.8, 4) is 22.6 Å². The Labute approximate surface area is 122 Å². The predicted molar refractivity (Wildman–Crippen MR) is 79.8 cm³/mol. The van der Waals surface area contributed by atoms with Gasteiger partial charge in [-0.3, -0.25) is 4.79 Å². The van der Waals surface area contributed by atoms with Crippen molar-refractivity contribution in [2.24, 2.45) is 0 Å². The zero-order chi connectivity index (χ0) is 14.7. The van der Waals surface area contributed by atoms with E-state index < -0.39 is 0 Å². The Kier molecular flexibility index (Phi) is 4.15. The van der Waals surface area contributed by atoms with Gasteiger partial charge in [-0.1, -0.05) is 17.7 Å². The molecule has 0 aliphatic rings. The summed E-state index contributed by atoms with van der Waals surface area (Å²) in [5, 5.41) is 0.478. The molecule has 4 nitrogen and oxygen atoms in total. The van der Waals surface area contributed by atoms with Gasteiger partial charge in [0.1, 0.15) is 6.29 Å². The summed E-state index contributed by atoms with van der Waals surface area (Å²) in [6.45, 7) is 0.